The van der Waals surface area contributed by atoms with E-state index < -0.39 is 0 Å². The standard InChI is InChI=1S/C13H19NO2/c1-2-3-4-5-9-14-13(16)11-7-6-8-12(15)10-11/h6-8,10,15H,2-5,9H2,1H3,(H,14,16). The van der Waals surface area contributed by atoms with Gasteiger partial charge in [0.15, 0.2) is 0 Å². The summed E-state index contributed by atoms with van der Waals surface area (Å²) in [4.78, 5) is 11.6. The van der Waals surface area contributed by atoms with E-state index >= 15 is 0 Å². The zero-order valence-corrected chi connectivity index (χ0v) is 9.70. The number of aromatic hydroxyl groups is 1. The lowest BCUT2D eigenvalue weighted by molar-refractivity contribution is 0.0952. The molecule has 3 nitrogen and oxygen atoms in total. The average Bonchev–Trinajstić information content (AvgIpc) is 2.28. The predicted molar refractivity (Wildman–Crippen MR) is 64.6 cm³/mol. The largest absolute Gasteiger partial charge is 0.508 e. The van der Waals surface area contributed by atoms with Gasteiger partial charge in [-0.2, -0.15) is 0 Å². The van der Waals surface area contributed by atoms with Crippen LogP contribution in [0.4, 0.5) is 0 Å². The molecule has 0 radical (unpaired) electrons. The van der Waals surface area contributed by atoms with Gasteiger partial charge < -0.3 is 10.4 Å². The first-order valence-electron chi connectivity index (χ1n) is 5.81. The summed E-state index contributed by atoms with van der Waals surface area (Å²) in [5.74, 6) is 0.00558. The van der Waals surface area contributed by atoms with Gasteiger partial charge in [0.05, 0.1) is 0 Å². The van der Waals surface area contributed by atoms with Gasteiger partial charge >= 0.3 is 0 Å². The molecule has 1 aromatic carbocycles. The number of amides is 1. The summed E-state index contributed by atoms with van der Waals surface area (Å²) >= 11 is 0. The number of hydrogen-bond acceptors (Lipinski definition) is 2. The molecule has 0 aliphatic heterocycles. The number of rotatable bonds is 6. The molecule has 0 fully saturated rings. The number of benzene rings is 1. The molecule has 0 saturated carbocycles. The van der Waals surface area contributed by atoms with E-state index in [0.717, 1.165) is 12.8 Å². The summed E-state index contributed by atoms with van der Waals surface area (Å²) < 4.78 is 0. The van der Waals surface area contributed by atoms with Gasteiger partial charge in [0, 0.05) is 12.1 Å². The van der Waals surface area contributed by atoms with Crippen LogP contribution in [0.2, 0.25) is 0 Å². The van der Waals surface area contributed by atoms with Crippen molar-refractivity contribution in [3.63, 3.8) is 0 Å². The Morgan fingerprint density at radius 2 is 2.12 bits per heavy atom. The molecule has 0 aliphatic carbocycles. The Morgan fingerprint density at radius 1 is 1.31 bits per heavy atom. The highest BCUT2D eigenvalue weighted by molar-refractivity contribution is 5.94. The number of unbranched alkanes of at least 4 members (excludes halogenated alkanes) is 3. The molecule has 0 aromatic heterocycles. The Labute approximate surface area is 96.5 Å². The van der Waals surface area contributed by atoms with Gasteiger partial charge in [0.25, 0.3) is 5.91 Å². The van der Waals surface area contributed by atoms with E-state index in [1.807, 2.05) is 0 Å². The number of phenolic OH excluding ortho intramolecular Hbond substituents is 1. The molecule has 0 saturated heterocycles. The van der Waals surface area contributed by atoms with Crippen LogP contribution in [0.25, 0.3) is 0 Å². The molecule has 2 N–H and O–H groups in total. The summed E-state index contributed by atoms with van der Waals surface area (Å²) in [6.45, 7) is 2.86. The highest BCUT2D eigenvalue weighted by Crippen LogP contribution is 2.10. The second kappa shape index (κ2) is 6.88. The van der Waals surface area contributed by atoms with Gasteiger partial charge in [-0.1, -0.05) is 32.3 Å². The van der Waals surface area contributed by atoms with Crippen molar-refractivity contribution in [2.45, 2.75) is 32.6 Å². The van der Waals surface area contributed by atoms with E-state index in [1.165, 1.54) is 18.9 Å². The first-order valence-corrected chi connectivity index (χ1v) is 5.81. The molecule has 88 valence electrons. The number of phenols is 1. The summed E-state index contributed by atoms with van der Waals surface area (Å²) in [5.41, 5.74) is 0.510. The lowest BCUT2D eigenvalue weighted by Crippen LogP contribution is -2.24. The molecule has 1 amide bonds. The third kappa shape index (κ3) is 4.34. The summed E-state index contributed by atoms with van der Waals surface area (Å²) in [6, 6.07) is 6.39. The van der Waals surface area contributed by atoms with Crippen molar-refractivity contribution in [1.82, 2.24) is 5.32 Å². The molecule has 3 heteroatoms. The molecule has 1 rings (SSSR count). The van der Waals surface area contributed by atoms with Gasteiger partial charge in [0.2, 0.25) is 0 Å². The van der Waals surface area contributed by atoms with Gasteiger partial charge in [-0.3, -0.25) is 4.79 Å². The van der Waals surface area contributed by atoms with Crippen LogP contribution in [0.15, 0.2) is 24.3 Å². The Morgan fingerprint density at radius 3 is 2.81 bits per heavy atom. The third-order valence-electron chi connectivity index (χ3n) is 2.42. The Kier molecular flexibility index (Phi) is 5.40. The Hall–Kier alpha value is -1.51. The molecule has 0 atom stereocenters. The van der Waals surface area contributed by atoms with Gasteiger partial charge in [0.1, 0.15) is 5.75 Å². The summed E-state index contributed by atoms with van der Waals surface area (Å²) in [5, 5.41) is 12.1. The molecule has 1 aromatic rings. The second-order valence-corrected chi connectivity index (χ2v) is 3.87. The van der Waals surface area contributed by atoms with Crippen molar-refractivity contribution in [2.75, 3.05) is 6.54 Å². The number of nitrogens with one attached hydrogen (secondary N) is 1. The smallest absolute Gasteiger partial charge is 0.251 e. The topological polar surface area (TPSA) is 49.3 Å². The van der Waals surface area contributed by atoms with Crippen LogP contribution < -0.4 is 5.32 Å². The minimum absolute atomic E-state index is 0.118. The lowest BCUT2D eigenvalue weighted by atomic mass is 10.2. The van der Waals surface area contributed by atoms with Crippen LogP contribution in [-0.2, 0) is 0 Å². The van der Waals surface area contributed by atoms with Gasteiger partial charge in [-0.15, -0.1) is 0 Å². The van der Waals surface area contributed by atoms with Gasteiger partial charge in [-0.25, -0.2) is 0 Å². The quantitative estimate of drug-likeness (QED) is 0.726. The SMILES string of the molecule is CCCCCCNC(=O)c1cccc(O)c1. The van der Waals surface area contributed by atoms with Crippen molar-refractivity contribution in [3.8, 4) is 5.75 Å². The third-order valence-corrected chi connectivity index (χ3v) is 2.42. The van der Waals surface area contributed by atoms with E-state index in [4.69, 9.17) is 0 Å². The fourth-order valence-corrected chi connectivity index (χ4v) is 1.50. The van der Waals surface area contributed by atoms with E-state index in [2.05, 4.69) is 12.2 Å². The minimum atomic E-state index is -0.118. The number of hydrogen-bond donors (Lipinski definition) is 2. The van der Waals surface area contributed by atoms with Crippen molar-refractivity contribution >= 4 is 5.91 Å². The van der Waals surface area contributed by atoms with Crippen LogP contribution in [0, 0.1) is 0 Å². The lowest BCUT2D eigenvalue weighted by Gasteiger charge is -2.05. The van der Waals surface area contributed by atoms with Crippen LogP contribution in [-0.4, -0.2) is 17.6 Å². The molecule has 0 heterocycles. The zero-order valence-electron chi connectivity index (χ0n) is 9.70. The Bertz CT molecular complexity index is 336. The zero-order chi connectivity index (χ0) is 11.8. The minimum Gasteiger partial charge on any atom is -0.508 e. The van der Waals surface area contributed by atoms with Gasteiger partial charge in [-0.05, 0) is 24.6 Å². The van der Waals surface area contributed by atoms with Crippen LogP contribution in [0.1, 0.15) is 43.0 Å². The van der Waals surface area contributed by atoms with Crippen LogP contribution in [0.3, 0.4) is 0 Å². The fourth-order valence-electron chi connectivity index (χ4n) is 1.50. The average molecular weight is 221 g/mol. The predicted octanol–water partition coefficient (Wildman–Crippen LogP) is 2.70. The molecule has 0 unspecified atom stereocenters. The van der Waals surface area contributed by atoms with E-state index in [0.29, 0.717) is 12.1 Å². The van der Waals surface area contributed by atoms with Crippen molar-refractivity contribution in [1.29, 1.82) is 0 Å². The second-order valence-electron chi connectivity index (χ2n) is 3.87. The van der Waals surface area contributed by atoms with E-state index in [-0.39, 0.29) is 11.7 Å². The van der Waals surface area contributed by atoms with E-state index in [1.54, 1.807) is 18.2 Å². The molecule has 0 bridgehead atoms. The first kappa shape index (κ1) is 12.6. The summed E-state index contributed by atoms with van der Waals surface area (Å²) in [7, 11) is 0. The summed E-state index contributed by atoms with van der Waals surface area (Å²) in [6.07, 6.45) is 4.57. The highest BCUT2D eigenvalue weighted by atomic mass is 16.3. The normalized spacial score (nSPS) is 10.1. The van der Waals surface area contributed by atoms with E-state index in [9.17, 15) is 9.90 Å². The maximum atomic E-state index is 11.6. The van der Waals surface area contributed by atoms with Crippen molar-refractivity contribution < 1.29 is 9.90 Å². The highest BCUT2D eigenvalue weighted by Gasteiger charge is 2.04. The molecular weight excluding hydrogens is 202 g/mol. The maximum Gasteiger partial charge on any atom is 0.251 e. The molecule has 0 spiro atoms. The van der Waals surface area contributed by atoms with Crippen LogP contribution in [0.5, 0.6) is 5.75 Å². The fraction of sp³-hybridized carbons (Fsp3) is 0.462. The molecule has 16 heavy (non-hydrogen) atoms. The maximum absolute atomic E-state index is 11.6. The van der Waals surface area contributed by atoms with Crippen molar-refractivity contribution in [2.24, 2.45) is 0 Å². The molecular formula is C13H19NO2. The van der Waals surface area contributed by atoms with Crippen molar-refractivity contribution in [3.05, 3.63) is 29.8 Å². The van der Waals surface area contributed by atoms with Crippen LogP contribution >= 0.6 is 0 Å². The number of carbonyl (C=O) groups is 1. The monoisotopic (exact) mass is 221 g/mol. The Balaban J connectivity index is 2.30. The first-order chi connectivity index (χ1) is 7.74. The molecule has 0 aliphatic rings. The number of carbonyl (C=O) groups excluding carboxylic acids is 1.